The van der Waals surface area contributed by atoms with E-state index in [1.807, 2.05) is 37.3 Å². The van der Waals surface area contributed by atoms with E-state index in [2.05, 4.69) is 0 Å². The maximum absolute atomic E-state index is 11.6. The van der Waals surface area contributed by atoms with Gasteiger partial charge in [-0.05, 0) is 44.2 Å². The van der Waals surface area contributed by atoms with Crippen molar-refractivity contribution in [3.8, 4) is 11.5 Å². The van der Waals surface area contributed by atoms with Crippen LogP contribution in [0.1, 0.15) is 22.8 Å². The average molecular weight is 256 g/mol. The molecule has 0 aromatic heterocycles. The van der Waals surface area contributed by atoms with Crippen molar-refractivity contribution in [3.63, 3.8) is 0 Å². The third kappa shape index (κ3) is 3.58. The van der Waals surface area contributed by atoms with Gasteiger partial charge in [-0.1, -0.05) is 23.8 Å². The van der Waals surface area contributed by atoms with E-state index in [9.17, 15) is 4.79 Å². The Morgan fingerprint density at radius 1 is 1.05 bits per heavy atom. The molecule has 2 aromatic carbocycles. The van der Waals surface area contributed by atoms with Crippen molar-refractivity contribution in [2.45, 2.75) is 13.8 Å². The molecule has 3 nitrogen and oxygen atoms in total. The van der Waals surface area contributed by atoms with Crippen molar-refractivity contribution >= 4 is 5.97 Å². The van der Waals surface area contributed by atoms with E-state index < -0.39 is 0 Å². The highest BCUT2D eigenvalue weighted by Crippen LogP contribution is 2.22. The largest absolute Gasteiger partial charge is 0.462 e. The van der Waals surface area contributed by atoms with Crippen molar-refractivity contribution in [1.29, 1.82) is 0 Å². The van der Waals surface area contributed by atoms with Gasteiger partial charge < -0.3 is 9.47 Å². The van der Waals surface area contributed by atoms with Gasteiger partial charge in [-0.2, -0.15) is 0 Å². The monoisotopic (exact) mass is 256 g/mol. The van der Waals surface area contributed by atoms with Crippen LogP contribution in [0.15, 0.2) is 48.5 Å². The van der Waals surface area contributed by atoms with Crippen LogP contribution in [0.5, 0.6) is 11.5 Å². The van der Waals surface area contributed by atoms with Crippen LogP contribution in [0, 0.1) is 6.92 Å². The summed E-state index contributed by atoms with van der Waals surface area (Å²) < 4.78 is 10.6. The molecule has 0 amide bonds. The molecule has 2 rings (SSSR count). The molecule has 0 unspecified atom stereocenters. The summed E-state index contributed by atoms with van der Waals surface area (Å²) in [5.41, 5.74) is 1.67. The number of carbonyl (C=O) groups excluding carboxylic acids is 1. The summed E-state index contributed by atoms with van der Waals surface area (Å²) in [7, 11) is 0. The van der Waals surface area contributed by atoms with Gasteiger partial charge >= 0.3 is 5.97 Å². The van der Waals surface area contributed by atoms with Gasteiger partial charge in [0.2, 0.25) is 0 Å². The summed E-state index contributed by atoms with van der Waals surface area (Å²) in [4.78, 5) is 11.6. The quantitative estimate of drug-likeness (QED) is 0.776. The van der Waals surface area contributed by atoms with Gasteiger partial charge in [0.15, 0.2) is 0 Å². The van der Waals surface area contributed by atoms with Crippen LogP contribution in [0.2, 0.25) is 0 Å². The summed E-state index contributed by atoms with van der Waals surface area (Å²) in [6.45, 7) is 4.16. The van der Waals surface area contributed by atoms with E-state index in [1.54, 1.807) is 25.1 Å². The van der Waals surface area contributed by atoms with Crippen molar-refractivity contribution in [3.05, 3.63) is 59.7 Å². The molecule has 0 radical (unpaired) electrons. The summed E-state index contributed by atoms with van der Waals surface area (Å²) >= 11 is 0. The first-order valence-corrected chi connectivity index (χ1v) is 6.21. The Bertz CT molecular complexity index is 558. The first kappa shape index (κ1) is 13.1. The maximum Gasteiger partial charge on any atom is 0.338 e. The van der Waals surface area contributed by atoms with Gasteiger partial charge in [0.1, 0.15) is 11.5 Å². The lowest BCUT2D eigenvalue weighted by Crippen LogP contribution is -2.04. The van der Waals surface area contributed by atoms with E-state index in [0.717, 1.165) is 5.75 Å². The molecule has 0 saturated carbocycles. The topological polar surface area (TPSA) is 35.5 Å². The van der Waals surface area contributed by atoms with E-state index in [4.69, 9.17) is 9.47 Å². The smallest absolute Gasteiger partial charge is 0.338 e. The van der Waals surface area contributed by atoms with Crippen LogP contribution in [-0.4, -0.2) is 12.6 Å². The van der Waals surface area contributed by atoms with Gasteiger partial charge in [-0.3, -0.25) is 0 Å². The third-order valence-corrected chi connectivity index (χ3v) is 2.60. The first-order valence-electron chi connectivity index (χ1n) is 6.21. The Balaban J connectivity index is 2.15. The van der Waals surface area contributed by atoms with Gasteiger partial charge in [0.05, 0.1) is 12.2 Å². The summed E-state index contributed by atoms with van der Waals surface area (Å²) in [6.07, 6.45) is 0. The third-order valence-electron chi connectivity index (χ3n) is 2.60. The van der Waals surface area contributed by atoms with E-state index in [0.29, 0.717) is 17.9 Å². The number of carbonyl (C=O) groups is 1. The molecule has 0 fully saturated rings. The molecule has 19 heavy (non-hydrogen) atoms. The number of hydrogen-bond acceptors (Lipinski definition) is 3. The van der Waals surface area contributed by atoms with E-state index in [-0.39, 0.29) is 5.97 Å². The maximum atomic E-state index is 11.6. The second-order valence-electron chi connectivity index (χ2n) is 4.16. The standard InChI is InChI=1S/C16H16O3/c1-3-18-16(17)13-5-4-6-15(11-13)19-14-9-7-12(2)8-10-14/h4-11H,3H2,1-2H3. The van der Waals surface area contributed by atoms with Gasteiger partial charge in [0.25, 0.3) is 0 Å². The lowest BCUT2D eigenvalue weighted by atomic mass is 10.2. The molecule has 0 heterocycles. The van der Waals surface area contributed by atoms with Crippen LogP contribution in [0.4, 0.5) is 0 Å². The van der Waals surface area contributed by atoms with E-state index >= 15 is 0 Å². The molecule has 0 aliphatic heterocycles. The molecular weight excluding hydrogens is 240 g/mol. The second kappa shape index (κ2) is 6.05. The minimum Gasteiger partial charge on any atom is -0.462 e. The zero-order valence-electron chi connectivity index (χ0n) is 11.1. The number of hydrogen-bond donors (Lipinski definition) is 0. The molecule has 98 valence electrons. The average Bonchev–Trinajstić information content (AvgIpc) is 2.42. The summed E-state index contributed by atoms with van der Waals surface area (Å²) in [5, 5.41) is 0. The highest BCUT2D eigenvalue weighted by atomic mass is 16.5. The van der Waals surface area contributed by atoms with Crippen LogP contribution >= 0.6 is 0 Å². The van der Waals surface area contributed by atoms with Crippen LogP contribution in [-0.2, 0) is 4.74 Å². The lowest BCUT2D eigenvalue weighted by Gasteiger charge is -2.07. The molecule has 0 atom stereocenters. The molecule has 2 aromatic rings. The van der Waals surface area contributed by atoms with Crippen molar-refractivity contribution < 1.29 is 14.3 Å². The van der Waals surface area contributed by atoms with Gasteiger partial charge in [-0.25, -0.2) is 4.79 Å². The Morgan fingerprint density at radius 2 is 1.79 bits per heavy atom. The zero-order valence-corrected chi connectivity index (χ0v) is 11.1. The predicted molar refractivity (Wildman–Crippen MR) is 73.7 cm³/mol. The Morgan fingerprint density at radius 3 is 2.47 bits per heavy atom. The predicted octanol–water partition coefficient (Wildman–Crippen LogP) is 3.96. The number of ether oxygens (including phenoxy) is 2. The van der Waals surface area contributed by atoms with E-state index in [1.165, 1.54) is 5.56 Å². The number of rotatable bonds is 4. The lowest BCUT2D eigenvalue weighted by molar-refractivity contribution is 0.0526. The van der Waals surface area contributed by atoms with Crippen LogP contribution in [0.3, 0.4) is 0 Å². The molecule has 0 aliphatic carbocycles. The SMILES string of the molecule is CCOC(=O)c1cccc(Oc2ccc(C)cc2)c1. The molecule has 0 spiro atoms. The minimum absolute atomic E-state index is 0.336. The molecule has 0 aliphatic rings. The Hall–Kier alpha value is -2.29. The molecular formula is C16H16O3. The van der Waals surface area contributed by atoms with Crippen molar-refractivity contribution in [2.24, 2.45) is 0 Å². The zero-order chi connectivity index (χ0) is 13.7. The fourth-order valence-corrected chi connectivity index (χ4v) is 1.64. The van der Waals surface area contributed by atoms with Crippen LogP contribution in [0.25, 0.3) is 0 Å². The van der Waals surface area contributed by atoms with Crippen molar-refractivity contribution in [2.75, 3.05) is 6.61 Å². The number of aryl methyl sites for hydroxylation is 1. The Kier molecular flexibility index (Phi) is 4.18. The Labute approximate surface area is 112 Å². The number of esters is 1. The van der Waals surface area contributed by atoms with Gasteiger partial charge in [0, 0.05) is 0 Å². The fourth-order valence-electron chi connectivity index (χ4n) is 1.64. The normalized spacial score (nSPS) is 10.0. The highest BCUT2D eigenvalue weighted by Gasteiger charge is 2.07. The fraction of sp³-hybridized carbons (Fsp3) is 0.188. The molecule has 3 heteroatoms. The molecule has 0 bridgehead atoms. The summed E-state index contributed by atoms with van der Waals surface area (Å²) in [5.74, 6) is 1.03. The highest BCUT2D eigenvalue weighted by molar-refractivity contribution is 5.89. The molecule has 0 N–H and O–H groups in total. The minimum atomic E-state index is -0.336. The van der Waals surface area contributed by atoms with Crippen molar-refractivity contribution in [1.82, 2.24) is 0 Å². The first-order chi connectivity index (χ1) is 9.19. The van der Waals surface area contributed by atoms with Crippen LogP contribution < -0.4 is 4.74 Å². The second-order valence-corrected chi connectivity index (χ2v) is 4.16. The number of benzene rings is 2. The molecule has 0 saturated heterocycles. The van der Waals surface area contributed by atoms with Gasteiger partial charge in [-0.15, -0.1) is 0 Å². The summed E-state index contributed by atoms with van der Waals surface area (Å²) in [6, 6.07) is 14.7.